The molecule has 12 heteroatoms. The van der Waals surface area contributed by atoms with Crippen molar-refractivity contribution in [1.29, 1.82) is 0 Å². The van der Waals surface area contributed by atoms with Gasteiger partial charge < -0.3 is 10.6 Å². The number of benzene rings is 3. The van der Waals surface area contributed by atoms with Gasteiger partial charge in [0.25, 0.3) is 5.56 Å². The van der Waals surface area contributed by atoms with E-state index >= 15 is 0 Å². The van der Waals surface area contributed by atoms with Crippen LogP contribution in [0.2, 0.25) is 0 Å². The summed E-state index contributed by atoms with van der Waals surface area (Å²) in [5.74, 6) is 0.419. The van der Waals surface area contributed by atoms with E-state index in [1.54, 1.807) is 31.2 Å². The molecule has 36 heavy (non-hydrogen) atoms. The molecule has 186 valence electrons. The van der Waals surface area contributed by atoms with Gasteiger partial charge in [0, 0.05) is 11.4 Å². The van der Waals surface area contributed by atoms with Crippen molar-refractivity contribution in [2.24, 2.45) is 0 Å². The third-order valence-electron chi connectivity index (χ3n) is 5.17. The molecule has 6 nitrogen and oxygen atoms in total. The first kappa shape index (κ1) is 24.8. The number of carbonyl (C=O) groups excluding carboxylic acids is 1. The third kappa shape index (κ3) is 5.16. The lowest BCUT2D eigenvalue weighted by molar-refractivity contribution is -0.143. The minimum absolute atomic E-state index is 0.0343. The van der Waals surface area contributed by atoms with E-state index in [-0.39, 0.29) is 17.3 Å². The van der Waals surface area contributed by atoms with Crippen LogP contribution in [0.1, 0.15) is 17.0 Å². The lowest BCUT2D eigenvalue weighted by atomic mass is 10.1. The van der Waals surface area contributed by atoms with Gasteiger partial charge in [-0.1, -0.05) is 12.1 Å². The number of aromatic nitrogens is 2. The van der Waals surface area contributed by atoms with Crippen LogP contribution in [0.3, 0.4) is 0 Å². The molecule has 1 aromatic heterocycles. The normalized spacial score (nSPS) is 12.0. The molecule has 0 saturated heterocycles. The molecule has 0 aliphatic heterocycles. The highest BCUT2D eigenvalue weighted by Gasteiger charge is 2.37. The Hall–Kier alpha value is -4.35. The van der Waals surface area contributed by atoms with Gasteiger partial charge in [-0.05, 0) is 61.5 Å². The topological polar surface area (TPSA) is 76.0 Å². The molecule has 2 N–H and O–H groups in total. The van der Waals surface area contributed by atoms with E-state index in [0.29, 0.717) is 34.5 Å². The molecule has 0 aliphatic carbocycles. The number of hydrogen-bond acceptors (Lipinski definition) is 3. The number of amides is 2. The maximum atomic E-state index is 13.0. The van der Waals surface area contributed by atoms with Crippen LogP contribution in [-0.2, 0) is 12.4 Å². The molecule has 0 atom stereocenters. The van der Waals surface area contributed by atoms with E-state index in [4.69, 9.17) is 0 Å². The number of anilines is 2. The highest BCUT2D eigenvalue weighted by molar-refractivity contribution is 5.99. The Morgan fingerprint density at radius 2 is 1.36 bits per heavy atom. The number of aryl methyl sites for hydroxylation is 1. The fraction of sp³-hybridized carbons (Fsp3) is 0.125. The van der Waals surface area contributed by atoms with Gasteiger partial charge in [-0.25, -0.2) is 9.78 Å². The molecule has 0 spiro atoms. The zero-order chi connectivity index (χ0) is 26.3. The van der Waals surface area contributed by atoms with Crippen molar-refractivity contribution in [3.8, 4) is 5.69 Å². The van der Waals surface area contributed by atoms with Crippen molar-refractivity contribution >= 4 is 28.3 Å². The van der Waals surface area contributed by atoms with Crippen LogP contribution < -0.4 is 16.2 Å². The van der Waals surface area contributed by atoms with E-state index in [1.807, 2.05) is 5.32 Å². The summed E-state index contributed by atoms with van der Waals surface area (Å²) >= 11 is 0. The van der Waals surface area contributed by atoms with E-state index in [9.17, 15) is 35.9 Å². The molecular weight excluding hydrogens is 490 g/mol. The Morgan fingerprint density at radius 1 is 0.806 bits per heavy atom. The Balaban J connectivity index is 1.56. The number of alkyl halides is 6. The largest absolute Gasteiger partial charge is 0.416 e. The molecule has 2 amide bonds. The average molecular weight is 506 g/mol. The summed E-state index contributed by atoms with van der Waals surface area (Å²) in [4.78, 5) is 29.6. The molecule has 0 bridgehead atoms. The maximum Gasteiger partial charge on any atom is 0.416 e. The van der Waals surface area contributed by atoms with Gasteiger partial charge in [0.1, 0.15) is 5.82 Å². The van der Waals surface area contributed by atoms with Crippen LogP contribution >= 0.6 is 0 Å². The van der Waals surface area contributed by atoms with Gasteiger partial charge in [0.2, 0.25) is 0 Å². The maximum absolute atomic E-state index is 13.0. The SMILES string of the molecule is Cc1nc2ccccc2c(=O)n1-c1ccc(NC(=O)Nc2cc(C(F)(F)F)cc(C(F)(F)F)c2)cc1. The monoisotopic (exact) mass is 506 g/mol. The second-order valence-electron chi connectivity index (χ2n) is 7.74. The first-order chi connectivity index (χ1) is 16.8. The summed E-state index contributed by atoms with van der Waals surface area (Å²) in [6, 6.07) is 12.4. The van der Waals surface area contributed by atoms with Crippen LogP contribution in [0, 0.1) is 6.92 Å². The van der Waals surface area contributed by atoms with Gasteiger partial charge in [-0.2, -0.15) is 26.3 Å². The first-order valence-corrected chi connectivity index (χ1v) is 10.3. The molecule has 1 heterocycles. The molecule has 4 rings (SSSR count). The molecule has 3 aromatic carbocycles. The smallest absolute Gasteiger partial charge is 0.308 e. The van der Waals surface area contributed by atoms with Crippen LogP contribution in [0.4, 0.5) is 42.5 Å². The highest BCUT2D eigenvalue weighted by Crippen LogP contribution is 2.37. The minimum atomic E-state index is -5.04. The van der Waals surface area contributed by atoms with Gasteiger partial charge >= 0.3 is 18.4 Å². The Labute approximate surface area is 199 Å². The fourth-order valence-electron chi connectivity index (χ4n) is 3.56. The average Bonchev–Trinajstić information content (AvgIpc) is 2.79. The number of urea groups is 1. The number of rotatable bonds is 3. The minimum Gasteiger partial charge on any atom is -0.308 e. The summed E-state index contributed by atoms with van der Waals surface area (Å²) in [6.45, 7) is 1.65. The van der Waals surface area contributed by atoms with Crippen molar-refractivity contribution in [3.05, 3.63) is 94.0 Å². The van der Waals surface area contributed by atoms with Crippen LogP contribution in [0.25, 0.3) is 16.6 Å². The standard InChI is InChI=1S/C24H16F6N4O2/c1-13-31-20-5-3-2-4-19(20)21(35)34(13)18-8-6-16(7-9-18)32-22(36)33-17-11-14(23(25,26)27)10-15(12-17)24(28,29)30/h2-12H,1H3,(H2,32,33,36). The van der Waals surface area contributed by atoms with Crippen LogP contribution in [-0.4, -0.2) is 15.6 Å². The summed E-state index contributed by atoms with van der Waals surface area (Å²) in [5.41, 5.74) is -2.94. The van der Waals surface area contributed by atoms with Gasteiger partial charge in [0.15, 0.2) is 0 Å². The summed E-state index contributed by atoms with van der Waals surface area (Å²) in [6.07, 6.45) is -10.1. The van der Waals surface area contributed by atoms with Gasteiger partial charge in [0.05, 0.1) is 27.7 Å². The summed E-state index contributed by atoms with van der Waals surface area (Å²) < 4.78 is 79.5. The lowest BCUT2D eigenvalue weighted by Gasteiger charge is -2.15. The van der Waals surface area contributed by atoms with Crippen molar-refractivity contribution in [3.63, 3.8) is 0 Å². The fourth-order valence-corrected chi connectivity index (χ4v) is 3.56. The molecular formula is C24H16F6N4O2. The number of nitrogens with one attached hydrogen (secondary N) is 2. The number of halogens is 6. The van der Waals surface area contributed by atoms with Crippen molar-refractivity contribution in [2.45, 2.75) is 19.3 Å². The molecule has 0 unspecified atom stereocenters. The molecule has 0 aliphatic rings. The zero-order valence-corrected chi connectivity index (χ0v) is 18.3. The van der Waals surface area contributed by atoms with Crippen molar-refractivity contribution in [2.75, 3.05) is 10.6 Å². The number of carbonyl (C=O) groups is 1. The van der Waals surface area contributed by atoms with Crippen LogP contribution in [0.5, 0.6) is 0 Å². The van der Waals surface area contributed by atoms with E-state index < -0.39 is 35.2 Å². The third-order valence-corrected chi connectivity index (χ3v) is 5.17. The Bertz CT molecular complexity index is 1480. The predicted molar refractivity (Wildman–Crippen MR) is 121 cm³/mol. The quantitative estimate of drug-likeness (QED) is 0.317. The van der Waals surface area contributed by atoms with Gasteiger partial charge in [-0.15, -0.1) is 0 Å². The van der Waals surface area contributed by atoms with E-state index in [1.165, 1.54) is 28.8 Å². The molecule has 4 aromatic rings. The van der Waals surface area contributed by atoms with E-state index in [0.717, 1.165) is 0 Å². The zero-order valence-electron chi connectivity index (χ0n) is 18.3. The Kier molecular flexibility index (Phi) is 6.21. The predicted octanol–water partition coefficient (Wildman–Crippen LogP) is 6.38. The molecule has 0 fully saturated rings. The second-order valence-corrected chi connectivity index (χ2v) is 7.74. The lowest BCUT2D eigenvalue weighted by Crippen LogP contribution is -2.22. The number of fused-ring (bicyclic) bond motifs is 1. The summed E-state index contributed by atoms with van der Waals surface area (Å²) in [7, 11) is 0. The molecule has 0 radical (unpaired) electrons. The molecule has 0 saturated carbocycles. The number of hydrogen-bond donors (Lipinski definition) is 2. The highest BCUT2D eigenvalue weighted by atomic mass is 19.4. The van der Waals surface area contributed by atoms with Crippen LogP contribution in [0.15, 0.2) is 71.5 Å². The summed E-state index contributed by atoms with van der Waals surface area (Å²) in [5, 5.41) is 4.72. The van der Waals surface area contributed by atoms with Gasteiger partial charge in [-0.3, -0.25) is 9.36 Å². The Morgan fingerprint density at radius 3 is 1.94 bits per heavy atom. The number of para-hydroxylation sites is 1. The number of nitrogens with zero attached hydrogens (tertiary/aromatic N) is 2. The second kappa shape index (κ2) is 9.02. The van der Waals surface area contributed by atoms with Crippen molar-refractivity contribution < 1.29 is 31.1 Å². The van der Waals surface area contributed by atoms with E-state index in [2.05, 4.69) is 10.3 Å². The first-order valence-electron chi connectivity index (χ1n) is 10.3. The van der Waals surface area contributed by atoms with Crippen molar-refractivity contribution in [1.82, 2.24) is 9.55 Å².